The number of ether oxygens (including phenoxy) is 1. The monoisotopic (exact) mass is 384 g/mol. The molecule has 0 fully saturated rings. The molecule has 0 saturated carbocycles. The lowest BCUT2D eigenvalue weighted by Crippen LogP contribution is -2.19. The highest BCUT2D eigenvalue weighted by Crippen LogP contribution is 2.37. The lowest BCUT2D eigenvalue weighted by Gasteiger charge is -2.10. The SMILES string of the molecule is O=[N+]([O-])c1c(OC(F)(F)F)cc(C(F)F)nc1I. The molecule has 1 aromatic heterocycles. The van der Waals surface area contributed by atoms with Crippen molar-refractivity contribution in [3.05, 3.63) is 25.6 Å². The van der Waals surface area contributed by atoms with Crippen molar-refractivity contribution in [1.82, 2.24) is 4.98 Å². The predicted octanol–water partition coefficient (Wildman–Crippen LogP) is 3.43. The van der Waals surface area contributed by atoms with Crippen LogP contribution in [0, 0.1) is 13.8 Å². The number of hydrogen-bond acceptors (Lipinski definition) is 4. The van der Waals surface area contributed by atoms with Crippen LogP contribution in [-0.2, 0) is 0 Å². The molecule has 0 atom stereocenters. The zero-order valence-electron chi connectivity index (χ0n) is 8.04. The Labute approximate surface area is 109 Å². The minimum absolute atomic E-state index is 0.193. The molecule has 0 radical (unpaired) electrons. The lowest BCUT2D eigenvalue weighted by atomic mass is 10.3. The van der Waals surface area contributed by atoms with Gasteiger partial charge < -0.3 is 4.74 Å². The number of nitrogens with zero attached hydrogens (tertiary/aromatic N) is 2. The maximum atomic E-state index is 12.3. The lowest BCUT2D eigenvalue weighted by molar-refractivity contribution is -0.390. The fourth-order valence-corrected chi connectivity index (χ4v) is 1.72. The second-order valence-electron chi connectivity index (χ2n) is 2.79. The molecule has 0 aliphatic heterocycles. The Morgan fingerprint density at radius 1 is 1.44 bits per heavy atom. The number of pyridine rings is 1. The van der Waals surface area contributed by atoms with Crippen molar-refractivity contribution < 1.29 is 31.6 Å². The van der Waals surface area contributed by atoms with Crippen LogP contribution in [0.1, 0.15) is 12.1 Å². The van der Waals surface area contributed by atoms with Crippen LogP contribution >= 0.6 is 22.6 Å². The second kappa shape index (κ2) is 5.16. The van der Waals surface area contributed by atoms with Gasteiger partial charge in [0.2, 0.25) is 5.75 Å². The maximum Gasteiger partial charge on any atom is 0.573 e. The van der Waals surface area contributed by atoms with Gasteiger partial charge in [-0.2, -0.15) is 0 Å². The van der Waals surface area contributed by atoms with Gasteiger partial charge >= 0.3 is 12.0 Å². The summed E-state index contributed by atoms with van der Waals surface area (Å²) in [5, 5.41) is 10.5. The number of halogens is 6. The van der Waals surface area contributed by atoms with Gasteiger partial charge in [0.25, 0.3) is 6.43 Å². The summed E-state index contributed by atoms with van der Waals surface area (Å²) in [5.41, 5.74) is -2.15. The molecule has 18 heavy (non-hydrogen) atoms. The van der Waals surface area contributed by atoms with Gasteiger partial charge in [-0.25, -0.2) is 13.8 Å². The van der Waals surface area contributed by atoms with Crippen molar-refractivity contribution in [2.45, 2.75) is 12.8 Å². The topological polar surface area (TPSA) is 65.3 Å². The molecule has 0 amide bonds. The molecule has 0 aliphatic carbocycles. The van der Waals surface area contributed by atoms with Crippen LogP contribution in [0.5, 0.6) is 5.75 Å². The van der Waals surface area contributed by atoms with E-state index in [0.29, 0.717) is 0 Å². The third-order valence-corrected chi connectivity index (χ3v) is 2.32. The molecule has 100 valence electrons. The summed E-state index contributed by atoms with van der Waals surface area (Å²) in [6.07, 6.45) is -8.40. The summed E-state index contributed by atoms with van der Waals surface area (Å²) < 4.78 is 63.4. The smallest absolute Gasteiger partial charge is 0.398 e. The molecule has 0 unspecified atom stereocenters. The third kappa shape index (κ3) is 3.61. The molecule has 11 heteroatoms. The molecule has 1 heterocycles. The second-order valence-corrected chi connectivity index (χ2v) is 3.81. The van der Waals surface area contributed by atoms with E-state index in [0.717, 1.165) is 0 Å². The maximum absolute atomic E-state index is 12.3. The molecule has 0 aliphatic rings. The number of rotatable bonds is 3. The Bertz CT molecular complexity index is 479. The first-order chi connectivity index (χ1) is 8.11. The van der Waals surface area contributed by atoms with Crippen LogP contribution in [0.3, 0.4) is 0 Å². The third-order valence-electron chi connectivity index (χ3n) is 1.57. The molecular formula is C7H2F5IN2O3. The zero-order chi connectivity index (χ0) is 14.1. The Morgan fingerprint density at radius 2 is 2.00 bits per heavy atom. The largest absolute Gasteiger partial charge is 0.573 e. The fraction of sp³-hybridized carbons (Fsp3) is 0.286. The molecule has 1 aromatic rings. The molecular weight excluding hydrogens is 382 g/mol. The number of aromatic nitrogens is 1. The van der Waals surface area contributed by atoms with Crippen molar-refractivity contribution in [2.24, 2.45) is 0 Å². The van der Waals surface area contributed by atoms with Gasteiger partial charge in [0.1, 0.15) is 5.69 Å². The van der Waals surface area contributed by atoms with E-state index in [1.807, 2.05) is 0 Å². The molecule has 0 bridgehead atoms. The molecule has 0 saturated heterocycles. The first-order valence-corrected chi connectivity index (χ1v) is 5.08. The van der Waals surface area contributed by atoms with E-state index in [-0.39, 0.29) is 6.07 Å². The minimum atomic E-state index is -5.23. The average molecular weight is 384 g/mol. The van der Waals surface area contributed by atoms with Gasteiger partial charge in [-0.15, -0.1) is 13.2 Å². The van der Waals surface area contributed by atoms with Gasteiger partial charge in [0.05, 0.1) is 4.92 Å². The van der Waals surface area contributed by atoms with Crippen molar-refractivity contribution in [2.75, 3.05) is 0 Å². The number of nitro groups is 1. The molecule has 5 nitrogen and oxygen atoms in total. The van der Waals surface area contributed by atoms with Crippen LogP contribution in [0.25, 0.3) is 0 Å². The van der Waals surface area contributed by atoms with E-state index >= 15 is 0 Å². The van der Waals surface area contributed by atoms with Gasteiger partial charge in [-0.1, -0.05) is 0 Å². The van der Waals surface area contributed by atoms with Crippen LogP contribution in [0.15, 0.2) is 6.07 Å². The van der Waals surface area contributed by atoms with E-state index in [1.165, 1.54) is 22.6 Å². The van der Waals surface area contributed by atoms with Crippen molar-refractivity contribution in [3.63, 3.8) is 0 Å². The van der Waals surface area contributed by atoms with Crippen molar-refractivity contribution >= 4 is 28.3 Å². The summed E-state index contributed by atoms with van der Waals surface area (Å²) in [5.74, 6) is -1.32. The molecule has 1 rings (SSSR count). The first-order valence-electron chi connectivity index (χ1n) is 4.00. The Hall–Kier alpha value is -1.27. The molecule has 0 N–H and O–H groups in total. The quantitative estimate of drug-likeness (QED) is 0.263. The van der Waals surface area contributed by atoms with Crippen LogP contribution in [-0.4, -0.2) is 16.3 Å². The summed E-state index contributed by atoms with van der Waals surface area (Å²) in [6, 6.07) is 0.193. The van der Waals surface area contributed by atoms with Gasteiger partial charge in [0.15, 0.2) is 3.70 Å². The van der Waals surface area contributed by atoms with E-state index in [2.05, 4.69) is 9.72 Å². The average Bonchev–Trinajstić information content (AvgIpc) is 2.12. The summed E-state index contributed by atoms with van der Waals surface area (Å²) >= 11 is 1.18. The summed E-state index contributed by atoms with van der Waals surface area (Å²) in [4.78, 5) is 12.5. The molecule has 0 aromatic carbocycles. The standard InChI is InChI=1S/C7H2F5IN2O3/c8-5(9)2-1-3(18-7(10,11)12)4(15(16)17)6(13)14-2/h1,5H. The van der Waals surface area contributed by atoms with E-state index in [4.69, 9.17) is 0 Å². The van der Waals surface area contributed by atoms with Crippen LogP contribution in [0.4, 0.5) is 27.6 Å². The normalized spacial score (nSPS) is 11.7. The highest BCUT2D eigenvalue weighted by Gasteiger charge is 2.36. The highest BCUT2D eigenvalue weighted by atomic mass is 127. The van der Waals surface area contributed by atoms with E-state index in [9.17, 15) is 32.1 Å². The zero-order valence-corrected chi connectivity index (χ0v) is 10.2. The van der Waals surface area contributed by atoms with E-state index < -0.39 is 38.5 Å². The fourth-order valence-electron chi connectivity index (χ4n) is 0.982. The Morgan fingerprint density at radius 3 is 2.39 bits per heavy atom. The predicted molar refractivity (Wildman–Crippen MR) is 55.2 cm³/mol. The van der Waals surface area contributed by atoms with Gasteiger partial charge in [-0.3, -0.25) is 10.1 Å². The summed E-state index contributed by atoms with van der Waals surface area (Å²) in [7, 11) is 0. The first kappa shape index (κ1) is 14.8. The van der Waals surface area contributed by atoms with Gasteiger partial charge in [0, 0.05) is 6.07 Å². The van der Waals surface area contributed by atoms with E-state index in [1.54, 1.807) is 0 Å². The van der Waals surface area contributed by atoms with Crippen molar-refractivity contribution in [1.29, 1.82) is 0 Å². The summed E-state index contributed by atoms with van der Waals surface area (Å²) in [6.45, 7) is 0. The van der Waals surface area contributed by atoms with Crippen molar-refractivity contribution in [3.8, 4) is 5.75 Å². The Kier molecular flexibility index (Phi) is 4.24. The Balaban J connectivity index is 3.38. The number of hydrogen-bond donors (Lipinski definition) is 0. The van der Waals surface area contributed by atoms with Crippen LogP contribution in [0.2, 0.25) is 0 Å². The van der Waals surface area contributed by atoms with Crippen LogP contribution < -0.4 is 4.74 Å². The van der Waals surface area contributed by atoms with Gasteiger partial charge in [-0.05, 0) is 22.6 Å². The number of alkyl halides is 5. The highest BCUT2D eigenvalue weighted by molar-refractivity contribution is 14.1. The minimum Gasteiger partial charge on any atom is -0.398 e. The molecule has 0 spiro atoms.